The summed E-state index contributed by atoms with van der Waals surface area (Å²) in [6.45, 7) is 11.5. The average Bonchev–Trinajstić information content (AvgIpc) is 2.46. The fraction of sp³-hybridized carbons (Fsp3) is 1.00. The van der Waals surface area contributed by atoms with Crippen molar-refractivity contribution < 1.29 is 5.11 Å². The normalized spacial score (nSPS) is 30.4. The molecular weight excluding hydrogens is 292 g/mol. The van der Waals surface area contributed by atoms with Crippen LogP contribution in [0.5, 0.6) is 0 Å². The topological polar surface area (TPSA) is 35.5 Å². The number of hydrogen-bond acceptors (Lipinski definition) is 4. The third-order valence-electron chi connectivity index (χ3n) is 4.98. The van der Waals surface area contributed by atoms with E-state index in [0.717, 1.165) is 19.5 Å². The summed E-state index contributed by atoms with van der Waals surface area (Å²) < 4.78 is 0.358. The zero-order valence-corrected chi connectivity index (χ0v) is 15.8. The van der Waals surface area contributed by atoms with Crippen LogP contribution in [0.4, 0.5) is 0 Å². The molecule has 130 valence electrons. The lowest BCUT2D eigenvalue weighted by Gasteiger charge is -2.42. The molecular formula is C18H36N2OS. The van der Waals surface area contributed by atoms with E-state index in [4.69, 9.17) is 0 Å². The second-order valence-electron chi connectivity index (χ2n) is 8.22. The van der Waals surface area contributed by atoms with Crippen molar-refractivity contribution in [2.75, 3.05) is 18.8 Å². The molecule has 2 rings (SSSR count). The lowest BCUT2D eigenvalue weighted by atomic mass is 9.89. The fourth-order valence-corrected chi connectivity index (χ4v) is 4.59. The van der Waals surface area contributed by atoms with Gasteiger partial charge in [0.05, 0.1) is 6.10 Å². The third kappa shape index (κ3) is 6.03. The number of piperidine rings is 1. The minimum Gasteiger partial charge on any atom is -0.391 e. The third-order valence-corrected chi connectivity index (χ3v) is 6.51. The summed E-state index contributed by atoms with van der Waals surface area (Å²) in [6.07, 6.45) is 7.07. The molecule has 0 amide bonds. The van der Waals surface area contributed by atoms with Gasteiger partial charge in [-0.1, -0.05) is 33.6 Å². The molecule has 3 atom stereocenters. The summed E-state index contributed by atoms with van der Waals surface area (Å²) in [7, 11) is 0. The number of nitrogens with zero attached hydrogens (tertiary/aromatic N) is 1. The van der Waals surface area contributed by atoms with Gasteiger partial charge in [0.2, 0.25) is 0 Å². The molecule has 1 saturated carbocycles. The van der Waals surface area contributed by atoms with Gasteiger partial charge in [-0.25, -0.2) is 0 Å². The number of nitrogens with one attached hydrogen (secondary N) is 1. The quantitative estimate of drug-likeness (QED) is 0.812. The molecule has 3 nitrogen and oxygen atoms in total. The van der Waals surface area contributed by atoms with Crippen molar-refractivity contribution in [3.8, 4) is 0 Å². The van der Waals surface area contributed by atoms with Gasteiger partial charge in [-0.05, 0) is 32.6 Å². The summed E-state index contributed by atoms with van der Waals surface area (Å²) in [5, 5.41) is 14.0. The van der Waals surface area contributed by atoms with Gasteiger partial charge in [0, 0.05) is 41.7 Å². The Kier molecular flexibility index (Phi) is 7.06. The van der Waals surface area contributed by atoms with Crippen molar-refractivity contribution in [1.29, 1.82) is 0 Å². The zero-order valence-electron chi connectivity index (χ0n) is 15.0. The maximum atomic E-state index is 10.2. The van der Waals surface area contributed by atoms with Gasteiger partial charge in [0.1, 0.15) is 0 Å². The molecule has 0 aromatic heterocycles. The maximum Gasteiger partial charge on any atom is 0.0695 e. The van der Waals surface area contributed by atoms with Crippen molar-refractivity contribution in [3.05, 3.63) is 0 Å². The van der Waals surface area contributed by atoms with Gasteiger partial charge < -0.3 is 10.4 Å². The van der Waals surface area contributed by atoms with E-state index < -0.39 is 0 Å². The Morgan fingerprint density at radius 2 is 1.77 bits per heavy atom. The summed E-state index contributed by atoms with van der Waals surface area (Å²) in [6, 6.07) is 1.68. The number of rotatable bonds is 5. The van der Waals surface area contributed by atoms with Crippen molar-refractivity contribution in [2.24, 2.45) is 0 Å². The summed E-state index contributed by atoms with van der Waals surface area (Å²) in [5.41, 5.74) is 0. The predicted octanol–water partition coefficient (Wildman–Crippen LogP) is 3.26. The molecule has 22 heavy (non-hydrogen) atoms. The molecule has 1 aliphatic carbocycles. The van der Waals surface area contributed by atoms with Gasteiger partial charge in [-0.2, -0.15) is 11.8 Å². The van der Waals surface area contributed by atoms with Crippen LogP contribution >= 0.6 is 11.8 Å². The van der Waals surface area contributed by atoms with Gasteiger partial charge in [0.15, 0.2) is 0 Å². The van der Waals surface area contributed by atoms with Crippen LogP contribution in [-0.2, 0) is 0 Å². The molecule has 4 heteroatoms. The van der Waals surface area contributed by atoms with E-state index in [9.17, 15) is 5.11 Å². The second-order valence-corrected chi connectivity index (χ2v) is 10.1. The van der Waals surface area contributed by atoms with E-state index >= 15 is 0 Å². The lowest BCUT2D eigenvalue weighted by molar-refractivity contribution is 0.00685. The van der Waals surface area contributed by atoms with Crippen molar-refractivity contribution >= 4 is 11.8 Å². The lowest BCUT2D eigenvalue weighted by Crippen LogP contribution is -2.52. The Bertz CT molecular complexity index is 324. The van der Waals surface area contributed by atoms with Crippen molar-refractivity contribution in [1.82, 2.24) is 10.2 Å². The van der Waals surface area contributed by atoms with Crippen LogP contribution in [-0.4, -0.2) is 57.8 Å². The highest BCUT2D eigenvalue weighted by Crippen LogP contribution is 2.27. The monoisotopic (exact) mass is 328 g/mol. The number of aliphatic hydroxyl groups is 1. The first-order valence-corrected chi connectivity index (χ1v) is 10.2. The Hall–Kier alpha value is 0.230. The van der Waals surface area contributed by atoms with E-state index in [1.165, 1.54) is 37.9 Å². The number of thioether (sulfide) groups is 1. The first kappa shape index (κ1) is 18.6. The summed E-state index contributed by atoms with van der Waals surface area (Å²) in [4.78, 5) is 2.55. The first-order chi connectivity index (χ1) is 10.3. The minimum absolute atomic E-state index is 0.0830. The molecule has 0 radical (unpaired) electrons. The number of aliphatic hydroxyl groups excluding tert-OH is 1. The van der Waals surface area contributed by atoms with Crippen LogP contribution in [0.1, 0.15) is 66.2 Å². The van der Waals surface area contributed by atoms with E-state index in [1.54, 1.807) is 0 Å². The second kappa shape index (κ2) is 8.36. The zero-order chi connectivity index (χ0) is 16.2. The SMILES string of the molecule is C[C@H](CSC(C)(C)C)NC1CCN([C@@H]2CCCC[C@H]2O)CC1. The molecule has 2 aliphatic rings. The summed E-state index contributed by atoms with van der Waals surface area (Å²) in [5.74, 6) is 1.19. The molecule has 0 unspecified atom stereocenters. The van der Waals surface area contributed by atoms with Crippen LogP contribution in [0.3, 0.4) is 0 Å². The standard InChI is InChI=1S/C18H36N2OS/c1-14(13-22-18(2,3)4)19-15-9-11-20(12-10-15)16-7-5-6-8-17(16)21/h14-17,19,21H,5-13H2,1-4H3/t14-,16-,17-/m1/s1. The van der Waals surface area contributed by atoms with Crippen LogP contribution in [0.15, 0.2) is 0 Å². The van der Waals surface area contributed by atoms with Gasteiger partial charge in [-0.15, -0.1) is 0 Å². The first-order valence-electron chi connectivity index (χ1n) is 9.17. The van der Waals surface area contributed by atoms with Crippen LogP contribution in [0.2, 0.25) is 0 Å². The molecule has 0 bridgehead atoms. The van der Waals surface area contributed by atoms with E-state index in [-0.39, 0.29) is 6.10 Å². The number of likely N-dealkylation sites (tertiary alicyclic amines) is 1. The van der Waals surface area contributed by atoms with E-state index in [0.29, 0.717) is 22.9 Å². The Morgan fingerprint density at radius 3 is 2.36 bits per heavy atom. The Labute approximate surface area is 141 Å². The van der Waals surface area contributed by atoms with Gasteiger partial charge in [0.25, 0.3) is 0 Å². The fourth-order valence-electron chi connectivity index (χ4n) is 3.74. The Balaban J connectivity index is 1.68. The van der Waals surface area contributed by atoms with E-state index in [2.05, 4.69) is 37.9 Å². The van der Waals surface area contributed by atoms with Crippen LogP contribution in [0, 0.1) is 0 Å². The molecule has 0 aromatic rings. The highest BCUT2D eigenvalue weighted by molar-refractivity contribution is 8.00. The van der Waals surface area contributed by atoms with Crippen molar-refractivity contribution in [2.45, 2.75) is 95.2 Å². The maximum absolute atomic E-state index is 10.2. The molecule has 2 fully saturated rings. The minimum atomic E-state index is -0.0830. The smallest absolute Gasteiger partial charge is 0.0695 e. The number of hydrogen-bond donors (Lipinski definition) is 2. The Morgan fingerprint density at radius 1 is 1.14 bits per heavy atom. The summed E-state index contributed by atoms with van der Waals surface area (Å²) >= 11 is 2.05. The highest BCUT2D eigenvalue weighted by Gasteiger charge is 2.31. The molecule has 1 heterocycles. The highest BCUT2D eigenvalue weighted by atomic mass is 32.2. The van der Waals surface area contributed by atoms with Crippen LogP contribution < -0.4 is 5.32 Å². The van der Waals surface area contributed by atoms with Crippen molar-refractivity contribution in [3.63, 3.8) is 0 Å². The molecule has 1 aliphatic heterocycles. The van der Waals surface area contributed by atoms with E-state index in [1.807, 2.05) is 11.8 Å². The molecule has 0 aromatic carbocycles. The van der Waals surface area contributed by atoms with Gasteiger partial charge in [-0.3, -0.25) is 4.90 Å². The van der Waals surface area contributed by atoms with Gasteiger partial charge >= 0.3 is 0 Å². The average molecular weight is 329 g/mol. The molecule has 2 N–H and O–H groups in total. The van der Waals surface area contributed by atoms with Crippen LogP contribution in [0.25, 0.3) is 0 Å². The largest absolute Gasteiger partial charge is 0.391 e. The predicted molar refractivity (Wildman–Crippen MR) is 97.7 cm³/mol. The molecule has 0 spiro atoms. The molecule has 1 saturated heterocycles.